The molecule has 3 rings (SSSR count). The van der Waals surface area contributed by atoms with Crippen molar-refractivity contribution in [2.75, 3.05) is 4.72 Å². The van der Waals surface area contributed by atoms with Gasteiger partial charge in [0.2, 0.25) is 0 Å². The smallest absolute Gasteiger partial charge is 0.477 e. The first-order valence-electron chi connectivity index (χ1n) is 6.34. The standard InChI is InChI=1S/C13H9F2NO6S2/c1-6-4-10(23-11(6)12(17)18)24(19,20)16-7-2-3-8-9(5-7)22-13(14,15)21-8/h2-5,16H,1H3,(H,17,18). The Labute approximate surface area is 138 Å². The summed E-state index contributed by atoms with van der Waals surface area (Å²) in [6, 6.07) is 4.63. The molecule has 0 atom stereocenters. The number of alkyl halides is 2. The molecule has 128 valence electrons. The van der Waals surface area contributed by atoms with E-state index in [0.717, 1.165) is 12.1 Å². The molecule has 0 fully saturated rings. The predicted octanol–water partition coefficient (Wildman–Crippen LogP) is 2.88. The van der Waals surface area contributed by atoms with Gasteiger partial charge in [-0.15, -0.1) is 20.1 Å². The minimum absolute atomic E-state index is 0.0296. The van der Waals surface area contributed by atoms with E-state index in [1.807, 2.05) is 0 Å². The average molecular weight is 377 g/mol. The topological polar surface area (TPSA) is 102 Å². The fourth-order valence-electron chi connectivity index (χ4n) is 2.02. The lowest BCUT2D eigenvalue weighted by molar-refractivity contribution is -0.286. The van der Waals surface area contributed by atoms with Crippen molar-refractivity contribution in [3.05, 3.63) is 34.7 Å². The second kappa shape index (κ2) is 5.31. The molecule has 0 saturated heterocycles. The molecule has 0 spiro atoms. The number of carboxylic acids is 1. The summed E-state index contributed by atoms with van der Waals surface area (Å²) in [7, 11) is -4.07. The number of fused-ring (bicyclic) bond motifs is 1. The number of rotatable bonds is 4. The van der Waals surface area contributed by atoms with Gasteiger partial charge in [0.25, 0.3) is 10.0 Å². The summed E-state index contributed by atoms with van der Waals surface area (Å²) in [6.45, 7) is 1.47. The molecule has 1 aliphatic rings. The normalized spacial score (nSPS) is 15.3. The van der Waals surface area contributed by atoms with E-state index in [-0.39, 0.29) is 26.3 Å². The van der Waals surface area contributed by atoms with E-state index in [2.05, 4.69) is 14.2 Å². The van der Waals surface area contributed by atoms with Crippen LogP contribution in [0.3, 0.4) is 0 Å². The van der Waals surface area contributed by atoms with Crippen molar-refractivity contribution < 1.29 is 36.6 Å². The Balaban J connectivity index is 1.89. The van der Waals surface area contributed by atoms with Crippen molar-refractivity contribution >= 4 is 33.0 Å². The van der Waals surface area contributed by atoms with Crippen LogP contribution in [0, 0.1) is 6.92 Å². The molecule has 0 aliphatic carbocycles. The van der Waals surface area contributed by atoms with Crippen molar-refractivity contribution in [1.29, 1.82) is 0 Å². The van der Waals surface area contributed by atoms with Crippen LogP contribution in [-0.2, 0) is 10.0 Å². The highest BCUT2D eigenvalue weighted by molar-refractivity contribution is 7.94. The Kier molecular flexibility index (Phi) is 3.64. The summed E-state index contributed by atoms with van der Waals surface area (Å²) in [5.41, 5.74) is 0.274. The van der Waals surface area contributed by atoms with E-state index < -0.39 is 22.3 Å². The molecule has 2 heterocycles. The van der Waals surface area contributed by atoms with Gasteiger partial charge in [0.1, 0.15) is 9.09 Å². The SMILES string of the molecule is Cc1cc(S(=O)(=O)Nc2ccc3c(c2)OC(F)(F)O3)sc1C(=O)O. The van der Waals surface area contributed by atoms with Crippen molar-refractivity contribution in [2.45, 2.75) is 17.4 Å². The lowest BCUT2D eigenvalue weighted by Gasteiger charge is -2.06. The molecule has 24 heavy (non-hydrogen) atoms. The van der Waals surface area contributed by atoms with Gasteiger partial charge in [0.05, 0.1) is 5.69 Å². The lowest BCUT2D eigenvalue weighted by atomic mass is 10.3. The monoisotopic (exact) mass is 377 g/mol. The predicted molar refractivity (Wildman–Crippen MR) is 79.5 cm³/mol. The molecule has 0 saturated carbocycles. The van der Waals surface area contributed by atoms with E-state index in [0.29, 0.717) is 16.9 Å². The van der Waals surface area contributed by atoms with Gasteiger partial charge >= 0.3 is 12.3 Å². The molecule has 0 unspecified atom stereocenters. The summed E-state index contributed by atoms with van der Waals surface area (Å²) < 4.78 is 61.0. The van der Waals surface area contributed by atoms with Crippen LogP contribution in [-0.4, -0.2) is 25.8 Å². The summed E-state index contributed by atoms with van der Waals surface area (Å²) >= 11 is 0.593. The average Bonchev–Trinajstić information content (AvgIpc) is 2.97. The number of hydrogen-bond acceptors (Lipinski definition) is 6. The van der Waals surface area contributed by atoms with E-state index in [1.54, 1.807) is 0 Å². The van der Waals surface area contributed by atoms with E-state index in [9.17, 15) is 22.0 Å². The Bertz CT molecular complexity index is 938. The third kappa shape index (κ3) is 2.99. The number of aryl methyl sites for hydroxylation is 1. The molecule has 0 bridgehead atoms. The Morgan fingerprint density at radius 1 is 1.25 bits per heavy atom. The van der Waals surface area contributed by atoms with Gasteiger partial charge < -0.3 is 14.6 Å². The highest BCUT2D eigenvalue weighted by Gasteiger charge is 2.43. The summed E-state index contributed by atoms with van der Waals surface area (Å²) in [5.74, 6) is -1.76. The van der Waals surface area contributed by atoms with Gasteiger partial charge in [-0.2, -0.15) is 0 Å². The number of thiophene rings is 1. The number of carbonyl (C=O) groups is 1. The highest BCUT2D eigenvalue weighted by atomic mass is 32.2. The minimum Gasteiger partial charge on any atom is -0.477 e. The first kappa shape index (κ1) is 16.5. The highest BCUT2D eigenvalue weighted by Crippen LogP contribution is 2.42. The second-order valence-electron chi connectivity index (χ2n) is 4.82. The molecule has 0 radical (unpaired) electrons. The number of carboxylic acid groups (broad SMARTS) is 1. The molecule has 7 nitrogen and oxygen atoms in total. The van der Waals surface area contributed by atoms with Crippen LogP contribution in [0.25, 0.3) is 0 Å². The molecule has 1 aromatic carbocycles. The molecule has 11 heteroatoms. The van der Waals surface area contributed by atoms with Crippen LogP contribution in [0.2, 0.25) is 0 Å². The third-order valence-electron chi connectivity index (χ3n) is 3.01. The number of halogens is 2. The van der Waals surface area contributed by atoms with Gasteiger partial charge in [-0.1, -0.05) is 0 Å². The van der Waals surface area contributed by atoms with Crippen molar-refractivity contribution in [3.63, 3.8) is 0 Å². The largest absolute Gasteiger partial charge is 0.586 e. The first-order valence-corrected chi connectivity index (χ1v) is 8.64. The number of sulfonamides is 1. The van der Waals surface area contributed by atoms with Gasteiger partial charge in [-0.05, 0) is 30.7 Å². The molecule has 1 aromatic heterocycles. The number of ether oxygens (including phenoxy) is 2. The van der Waals surface area contributed by atoms with Gasteiger partial charge in [0.15, 0.2) is 11.5 Å². The summed E-state index contributed by atoms with van der Waals surface area (Å²) in [4.78, 5) is 10.9. The van der Waals surface area contributed by atoms with Crippen molar-refractivity contribution in [3.8, 4) is 11.5 Å². The fraction of sp³-hybridized carbons (Fsp3) is 0.154. The maximum Gasteiger partial charge on any atom is 0.586 e. The first-order chi connectivity index (χ1) is 11.1. The quantitative estimate of drug-likeness (QED) is 0.850. The zero-order valence-electron chi connectivity index (χ0n) is 11.9. The van der Waals surface area contributed by atoms with Crippen LogP contribution >= 0.6 is 11.3 Å². The Hall–Kier alpha value is -2.40. The number of aromatic carboxylic acids is 1. The second-order valence-corrected chi connectivity index (χ2v) is 7.78. The Morgan fingerprint density at radius 2 is 1.92 bits per heavy atom. The van der Waals surface area contributed by atoms with E-state index >= 15 is 0 Å². The van der Waals surface area contributed by atoms with Gasteiger partial charge in [-0.25, -0.2) is 13.2 Å². The fourth-order valence-corrected chi connectivity index (χ4v) is 4.44. The van der Waals surface area contributed by atoms with Crippen LogP contribution in [0.1, 0.15) is 15.2 Å². The van der Waals surface area contributed by atoms with Gasteiger partial charge in [-0.3, -0.25) is 4.72 Å². The van der Waals surface area contributed by atoms with Crippen molar-refractivity contribution in [1.82, 2.24) is 0 Å². The van der Waals surface area contributed by atoms with Crippen LogP contribution in [0.4, 0.5) is 14.5 Å². The lowest BCUT2D eigenvalue weighted by Crippen LogP contribution is -2.25. The molecule has 2 N–H and O–H groups in total. The van der Waals surface area contributed by atoms with Gasteiger partial charge in [0, 0.05) is 6.07 Å². The summed E-state index contributed by atoms with van der Waals surface area (Å²) in [5, 5.41) is 8.98. The molecule has 2 aromatic rings. The minimum atomic E-state index is -4.07. The summed E-state index contributed by atoms with van der Waals surface area (Å²) in [6.07, 6.45) is -3.80. The number of benzene rings is 1. The number of nitrogens with one attached hydrogen (secondary N) is 1. The van der Waals surface area contributed by atoms with Crippen molar-refractivity contribution in [2.24, 2.45) is 0 Å². The number of hydrogen-bond donors (Lipinski definition) is 2. The van der Waals surface area contributed by atoms with E-state index in [4.69, 9.17) is 5.11 Å². The maximum atomic E-state index is 13.0. The molecular weight excluding hydrogens is 368 g/mol. The molecular formula is C13H9F2NO6S2. The van der Waals surface area contributed by atoms with Crippen LogP contribution in [0.5, 0.6) is 11.5 Å². The molecule has 0 amide bonds. The molecule has 1 aliphatic heterocycles. The van der Waals surface area contributed by atoms with Crippen LogP contribution < -0.4 is 14.2 Å². The zero-order chi connectivity index (χ0) is 17.7. The van der Waals surface area contributed by atoms with E-state index in [1.165, 1.54) is 19.1 Å². The van der Waals surface area contributed by atoms with Crippen LogP contribution in [0.15, 0.2) is 28.5 Å². The zero-order valence-corrected chi connectivity index (χ0v) is 13.5. The maximum absolute atomic E-state index is 13.0. The number of anilines is 1. The Morgan fingerprint density at radius 3 is 2.54 bits per heavy atom. The third-order valence-corrected chi connectivity index (χ3v) is 6.09.